The molecule has 0 spiro atoms. The standard InChI is InChI=1S/C33H32Cl2F2N6O6S/c1-2-49-32(46)26(15-20-6-8-22(9-7-20)40-30(44)28-24(34)17-39-18-25(28)35)41-31(45)29-27(42-13-11-33(36,37)19-42)10-12-43(29)50(47,48)23-5-3-4-21(14-23)16-38/h3-9,14,17-18,26-27,29H,2,10-13,15,19H2,1H3,(H,40,44)(H,41,45)/t26-,27?,29?/m0/s1. The van der Waals surface area contributed by atoms with Crippen molar-refractivity contribution in [2.45, 2.75) is 55.1 Å². The topological polar surface area (TPSA) is 162 Å². The zero-order valence-corrected chi connectivity index (χ0v) is 28.9. The molecular formula is C33H32Cl2F2N6O6S. The normalized spacial score (nSPS) is 19.8. The SMILES string of the molecule is CCOC(=O)[C@H](Cc1ccc(NC(=O)c2c(Cl)cncc2Cl)cc1)NC(=O)C1C(N2CCC(F)(F)C2)CCN1S(=O)(=O)c1cccc(C#N)c1. The quantitative estimate of drug-likeness (QED) is 0.273. The third-order valence-corrected chi connectivity index (χ3v) is 10.9. The Bertz CT molecular complexity index is 1910. The van der Waals surface area contributed by atoms with Crippen LogP contribution in [0.2, 0.25) is 10.0 Å². The molecular weight excluding hydrogens is 717 g/mol. The summed E-state index contributed by atoms with van der Waals surface area (Å²) in [5, 5.41) is 14.8. The second-order valence-corrected chi connectivity index (χ2v) is 14.5. The summed E-state index contributed by atoms with van der Waals surface area (Å²) in [7, 11) is -4.39. The monoisotopic (exact) mass is 748 g/mol. The van der Waals surface area contributed by atoms with E-state index >= 15 is 0 Å². The van der Waals surface area contributed by atoms with Crippen molar-refractivity contribution in [1.29, 1.82) is 5.26 Å². The first-order valence-electron chi connectivity index (χ1n) is 15.5. The number of nitrogens with zero attached hydrogens (tertiary/aromatic N) is 4. The van der Waals surface area contributed by atoms with Gasteiger partial charge >= 0.3 is 5.97 Å². The Morgan fingerprint density at radius 3 is 2.44 bits per heavy atom. The molecule has 3 heterocycles. The van der Waals surface area contributed by atoms with Crippen molar-refractivity contribution in [3.63, 3.8) is 0 Å². The summed E-state index contributed by atoms with van der Waals surface area (Å²) in [5.74, 6) is -5.24. The van der Waals surface area contributed by atoms with Gasteiger partial charge in [-0.25, -0.2) is 22.0 Å². The van der Waals surface area contributed by atoms with Gasteiger partial charge in [-0.2, -0.15) is 9.57 Å². The van der Waals surface area contributed by atoms with Crippen LogP contribution in [-0.4, -0.2) is 90.7 Å². The molecule has 2 aromatic carbocycles. The number of amides is 2. The molecule has 2 aliphatic heterocycles. The van der Waals surface area contributed by atoms with E-state index in [1.165, 1.54) is 41.6 Å². The van der Waals surface area contributed by atoms with Crippen LogP contribution < -0.4 is 10.6 Å². The highest BCUT2D eigenvalue weighted by Gasteiger charge is 2.52. The van der Waals surface area contributed by atoms with Gasteiger partial charge in [0, 0.05) is 50.1 Å². The number of alkyl halides is 2. The van der Waals surface area contributed by atoms with Crippen molar-refractivity contribution in [1.82, 2.24) is 19.5 Å². The van der Waals surface area contributed by atoms with Gasteiger partial charge in [0.25, 0.3) is 11.8 Å². The number of nitrogens with one attached hydrogen (secondary N) is 2. The first-order chi connectivity index (χ1) is 23.7. The smallest absolute Gasteiger partial charge is 0.328 e. The van der Waals surface area contributed by atoms with Crippen LogP contribution in [0.25, 0.3) is 0 Å². The summed E-state index contributed by atoms with van der Waals surface area (Å²) >= 11 is 12.2. The first kappa shape index (κ1) is 37.1. The van der Waals surface area contributed by atoms with E-state index in [1.54, 1.807) is 31.2 Å². The van der Waals surface area contributed by atoms with Gasteiger partial charge < -0.3 is 15.4 Å². The third-order valence-electron chi connectivity index (χ3n) is 8.45. The highest BCUT2D eigenvalue weighted by atomic mass is 35.5. The van der Waals surface area contributed by atoms with Gasteiger partial charge in [-0.05, 0) is 49.2 Å². The lowest BCUT2D eigenvalue weighted by atomic mass is 10.0. The van der Waals surface area contributed by atoms with E-state index in [4.69, 9.17) is 27.9 Å². The molecule has 264 valence electrons. The average molecular weight is 750 g/mol. The Balaban J connectivity index is 1.39. The van der Waals surface area contributed by atoms with Gasteiger partial charge in [-0.3, -0.25) is 19.5 Å². The zero-order valence-electron chi connectivity index (χ0n) is 26.6. The Kier molecular flexibility index (Phi) is 11.4. The molecule has 50 heavy (non-hydrogen) atoms. The molecule has 2 aliphatic rings. The number of ether oxygens (including phenoxy) is 1. The molecule has 2 fully saturated rings. The third kappa shape index (κ3) is 8.22. The van der Waals surface area contributed by atoms with Gasteiger partial charge in [-0.1, -0.05) is 41.4 Å². The molecule has 17 heteroatoms. The fourth-order valence-electron chi connectivity index (χ4n) is 6.09. The molecule has 12 nitrogen and oxygen atoms in total. The largest absolute Gasteiger partial charge is 0.464 e. The number of carbonyl (C=O) groups excluding carboxylic acids is 3. The average Bonchev–Trinajstić information content (AvgIpc) is 3.69. The molecule has 0 radical (unpaired) electrons. The summed E-state index contributed by atoms with van der Waals surface area (Å²) in [6, 6.07) is 9.83. The second-order valence-electron chi connectivity index (χ2n) is 11.8. The van der Waals surface area contributed by atoms with Crippen molar-refractivity contribution in [2.75, 3.05) is 31.6 Å². The van der Waals surface area contributed by atoms with Gasteiger partial charge in [-0.15, -0.1) is 0 Å². The van der Waals surface area contributed by atoms with Crippen LogP contribution in [0, 0.1) is 11.3 Å². The van der Waals surface area contributed by atoms with Crippen LogP contribution in [0.4, 0.5) is 14.5 Å². The minimum absolute atomic E-state index is 0.0129. The lowest BCUT2D eigenvalue weighted by molar-refractivity contribution is -0.147. The molecule has 3 atom stereocenters. The summed E-state index contributed by atoms with van der Waals surface area (Å²) in [4.78, 5) is 45.0. The van der Waals surface area contributed by atoms with Crippen molar-refractivity contribution in [3.05, 3.63) is 87.7 Å². The van der Waals surface area contributed by atoms with Crippen molar-refractivity contribution in [2.24, 2.45) is 0 Å². The maximum atomic E-state index is 14.3. The Labute approximate surface area is 297 Å². The maximum Gasteiger partial charge on any atom is 0.328 e. The summed E-state index contributed by atoms with van der Waals surface area (Å²) < 4.78 is 62.6. The van der Waals surface area contributed by atoms with Crippen LogP contribution in [0.3, 0.4) is 0 Å². The number of nitriles is 1. The van der Waals surface area contributed by atoms with Gasteiger partial charge in [0.15, 0.2) is 0 Å². The Morgan fingerprint density at radius 2 is 1.82 bits per heavy atom. The van der Waals surface area contributed by atoms with Gasteiger partial charge in [0.05, 0.1) is 45.3 Å². The zero-order chi connectivity index (χ0) is 36.2. The van der Waals surface area contributed by atoms with Gasteiger partial charge in [0.2, 0.25) is 15.9 Å². The molecule has 2 saturated heterocycles. The number of rotatable bonds is 11. The van der Waals surface area contributed by atoms with E-state index in [0.29, 0.717) is 11.3 Å². The van der Waals surface area contributed by atoms with Crippen molar-refractivity contribution in [3.8, 4) is 6.07 Å². The fraction of sp³-hybridized carbons (Fsp3) is 0.364. The maximum absolute atomic E-state index is 14.3. The van der Waals surface area contributed by atoms with Gasteiger partial charge in [0.1, 0.15) is 12.1 Å². The number of halogens is 4. The fourth-order valence-corrected chi connectivity index (χ4v) is 8.30. The number of hydrogen-bond acceptors (Lipinski definition) is 9. The number of hydrogen-bond donors (Lipinski definition) is 2. The van der Waals surface area contributed by atoms with Crippen molar-refractivity contribution < 1.29 is 36.3 Å². The highest BCUT2D eigenvalue weighted by Crippen LogP contribution is 2.36. The van der Waals surface area contributed by atoms with Crippen LogP contribution >= 0.6 is 23.2 Å². The molecule has 0 bridgehead atoms. The molecule has 2 unspecified atom stereocenters. The molecule has 0 saturated carbocycles. The molecule has 0 aliphatic carbocycles. The number of carbonyl (C=O) groups is 3. The molecule has 5 rings (SSSR count). The predicted octanol–water partition coefficient (Wildman–Crippen LogP) is 4.28. The number of pyridine rings is 1. The van der Waals surface area contributed by atoms with E-state index < -0.39 is 64.8 Å². The van der Waals surface area contributed by atoms with E-state index in [-0.39, 0.29) is 58.6 Å². The Morgan fingerprint density at radius 1 is 1.12 bits per heavy atom. The lowest BCUT2D eigenvalue weighted by Crippen LogP contribution is -2.57. The summed E-state index contributed by atoms with van der Waals surface area (Å²) in [5.41, 5.74) is 1.03. The lowest BCUT2D eigenvalue weighted by Gasteiger charge is -2.32. The number of aromatic nitrogens is 1. The number of esters is 1. The van der Waals surface area contributed by atoms with E-state index in [0.717, 1.165) is 4.31 Å². The van der Waals surface area contributed by atoms with Crippen LogP contribution in [0.15, 0.2) is 65.8 Å². The number of likely N-dealkylation sites (tertiary alicyclic amines) is 1. The molecule has 2 N–H and O–H groups in total. The minimum Gasteiger partial charge on any atom is -0.464 e. The summed E-state index contributed by atoms with van der Waals surface area (Å²) in [6.45, 7) is 0.712. The van der Waals surface area contributed by atoms with E-state index in [2.05, 4.69) is 15.6 Å². The Hall–Kier alpha value is -4.20. The second kappa shape index (κ2) is 15.4. The van der Waals surface area contributed by atoms with E-state index in [1.807, 2.05) is 6.07 Å². The molecule has 1 aromatic heterocycles. The van der Waals surface area contributed by atoms with Crippen LogP contribution in [0.1, 0.15) is 41.3 Å². The molecule has 3 aromatic rings. The summed E-state index contributed by atoms with van der Waals surface area (Å²) in [6.07, 6.45) is 2.11. The highest BCUT2D eigenvalue weighted by molar-refractivity contribution is 7.89. The molecule has 2 amide bonds. The van der Waals surface area contributed by atoms with Crippen LogP contribution in [-0.2, 0) is 30.8 Å². The van der Waals surface area contributed by atoms with Crippen LogP contribution in [0.5, 0.6) is 0 Å². The minimum atomic E-state index is -4.39. The first-order valence-corrected chi connectivity index (χ1v) is 17.7. The number of anilines is 1. The number of sulfonamides is 1. The predicted molar refractivity (Wildman–Crippen MR) is 179 cm³/mol. The van der Waals surface area contributed by atoms with E-state index in [9.17, 15) is 36.8 Å². The van der Waals surface area contributed by atoms with Crippen molar-refractivity contribution >= 4 is 56.7 Å². The number of benzene rings is 2.